The molecule has 0 aromatic rings. The zero-order chi connectivity index (χ0) is 13.1. The first-order valence-corrected chi connectivity index (χ1v) is 5.32. The van der Waals surface area contributed by atoms with E-state index in [1.165, 1.54) is 0 Å². The van der Waals surface area contributed by atoms with Crippen molar-refractivity contribution >= 4 is 17.9 Å². The van der Waals surface area contributed by atoms with Crippen LogP contribution < -0.4 is 16.0 Å². The Kier molecular flexibility index (Phi) is 4.06. The van der Waals surface area contributed by atoms with Gasteiger partial charge in [0.1, 0.15) is 11.6 Å². The van der Waals surface area contributed by atoms with Crippen molar-refractivity contribution in [2.75, 3.05) is 13.1 Å². The standard InChI is InChI=1S/C10H17N3O4/c1-10(2,3)17-9(16)12-4-6-8(15)13-7(14)5-11-6/h6,11H,4-5H2,1-3H3,(H,12,16)(H,13,14,15). The van der Waals surface area contributed by atoms with Gasteiger partial charge in [-0.15, -0.1) is 0 Å². The highest BCUT2D eigenvalue weighted by molar-refractivity contribution is 6.01. The van der Waals surface area contributed by atoms with E-state index < -0.39 is 23.6 Å². The summed E-state index contributed by atoms with van der Waals surface area (Å²) in [4.78, 5) is 33.5. The van der Waals surface area contributed by atoms with Crippen LogP contribution in [0.25, 0.3) is 0 Å². The summed E-state index contributed by atoms with van der Waals surface area (Å²) in [6.07, 6.45) is -0.594. The van der Waals surface area contributed by atoms with Gasteiger partial charge in [0.2, 0.25) is 11.8 Å². The lowest BCUT2D eigenvalue weighted by atomic mass is 10.2. The molecular formula is C10H17N3O4. The number of piperazine rings is 1. The average molecular weight is 243 g/mol. The fraction of sp³-hybridized carbons (Fsp3) is 0.700. The van der Waals surface area contributed by atoms with Crippen LogP contribution >= 0.6 is 0 Å². The molecule has 0 aliphatic carbocycles. The highest BCUT2D eigenvalue weighted by atomic mass is 16.6. The summed E-state index contributed by atoms with van der Waals surface area (Å²) in [6, 6.07) is -0.611. The number of hydrogen-bond donors (Lipinski definition) is 3. The molecule has 1 saturated heterocycles. The van der Waals surface area contributed by atoms with Crippen LogP contribution in [0.5, 0.6) is 0 Å². The monoisotopic (exact) mass is 243 g/mol. The second-order valence-corrected chi connectivity index (χ2v) is 4.73. The smallest absolute Gasteiger partial charge is 0.407 e. The largest absolute Gasteiger partial charge is 0.444 e. The zero-order valence-corrected chi connectivity index (χ0v) is 10.1. The molecule has 1 fully saturated rings. The Balaban J connectivity index is 2.33. The van der Waals surface area contributed by atoms with Crippen molar-refractivity contribution in [2.24, 2.45) is 0 Å². The second-order valence-electron chi connectivity index (χ2n) is 4.73. The number of carbonyl (C=O) groups is 3. The van der Waals surface area contributed by atoms with Crippen molar-refractivity contribution in [2.45, 2.75) is 32.4 Å². The predicted molar refractivity (Wildman–Crippen MR) is 59.2 cm³/mol. The first-order chi connectivity index (χ1) is 7.78. The number of amides is 3. The van der Waals surface area contributed by atoms with E-state index in [2.05, 4.69) is 16.0 Å². The van der Waals surface area contributed by atoms with E-state index in [0.29, 0.717) is 0 Å². The summed E-state index contributed by atoms with van der Waals surface area (Å²) in [7, 11) is 0. The van der Waals surface area contributed by atoms with Crippen LogP contribution in [0.2, 0.25) is 0 Å². The minimum atomic E-state index is -0.611. The summed E-state index contributed by atoms with van der Waals surface area (Å²) >= 11 is 0. The van der Waals surface area contributed by atoms with E-state index in [1.54, 1.807) is 20.8 Å². The lowest BCUT2D eigenvalue weighted by Crippen LogP contribution is -2.59. The maximum atomic E-state index is 11.3. The van der Waals surface area contributed by atoms with Crippen LogP contribution in [-0.4, -0.2) is 42.6 Å². The van der Waals surface area contributed by atoms with Crippen LogP contribution in [0.15, 0.2) is 0 Å². The molecule has 96 valence electrons. The van der Waals surface area contributed by atoms with Gasteiger partial charge in [-0.05, 0) is 20.8 Å². The van der Waals surface area contributed by atoms with E-state index in [-0.39, 0.29) is 19.0 Å². The molecule has 1 aliphatic heterocycles. The van der Waals surface area contributed by atoms with Crippen molar-refractivity contribution in [3.05, 3.63) is 0 Å². The Morgan fingerprint density at radius 2 is 2.12 bits per heavy atom. The Morgan fingerprint density at radius 3 is 2.65 bits per heavy atom. The van der Waals surface area contributed by atoms with Crippen molar-refractivity contribution in [1.29, 1.82) is 0 Å². The molecule has 1 rings (SSSR count). The summed E-state index contributed by atoms with van der Waals surface area (Å²) in [6.45, 7) is 5.38. The van der Waals surface area contributed by atoms with Crippen LogP contribution in [0.3, 0.4) is 0 Å². The van der Waals surface area contributed by atoms with Crippen molar-refractivity contribution in [3.8, 4) is 0 Å². The molecule has 0 spiro atoms. The lowest BCUT2D eigenvalue weighted by molar-refractivity contribution is -0.134. The van der Waals surface area contributed by atoms with Crippen molar-refractivity contribution in [1.82, 2.24) is 16.0 Å². The number of rotatable bonds is 2. The highest BCUT2D eigenvalue weighted by Gasteiger charge is 2.26. The molecule has 17 heavy (non-hydrogen) atoms. The first kappa shape index (κ1) is 13.4. The van der Waals surface area contributed by atoms with E-state index >= 15 is 0 Å². The number of imide groups is 1. The predicted octanol–water partition coefficient (Wildman–Crippen LogP) is -0.874. The van der Waals surface area contributed by atoms with Gasteiger partial charge in [-0.3, -0.25) is 20.2 Å². The molecular weight excluding hydrogens is 226 g/mol. The molecule has 1 aliphatic rings. The lowest BCUT2D eigenvalue weighted by Gasteiger charge is -2.24. The molecule has 0 aromatic heterocycles. The third-order valence-corrected chi connectivity index (χ3v) is 1.94. The van der Waals surface area contributed by atoms with E-state index in [1.807, 2.05) is 0 Å². The summed E-state index contributed by atoms with van der Waals surface area (Å²) in [5, 5.41) is 7.33. The van der Waals surface area contributed by atoms with Crippen LogP contribution in [0.4, 0.5) is 4.79 Å². The average Bonchev–Trinajstić information content (AvgIpc) is 2.13. The number of carbonyl (C=O) groups excluding carboxylic acids is 3. The molecule has 0 aromatic carbocycles. The van der Waals surface area contributed by atoms with Gasteiger partial charge >= 0.3 is 6.09 Å². The van der Waals surface area contributed by atoms with E-state index in [0.717, 1.165) is 0 Å². The van der Waals surface area contributed by atoms with Crippen LogP contribution in [0, 0.1) is 0 Å². The number of nitrogens with one attached hydrogen (secondary N) is 3. The molecule has 3 amide bonds. The number of alkyl carbamates (subject to hydrolysis) is 1. The van der Waals surface area contributed by atoms with Gasteiger partial charge in [0.25, 0.3) is 0 Å². The molecule has 1 heterocycles. The fourth-order valence-electron chi connectivity index (χ4n) is 1.24. The molecule has 0 radical (unpaired) electrons. The quantitative estimate of drug-likeness (QED) is 0.548. The molecule has 7 nitrogen and oxygen atoms in total. The molecule has 7 heteroatoms. The van der Waals surface area contributed by atoms with Gasteiger partial charge < -0.3 is 10.1 Å². The molecule has 3 N–H and O–H groups in total. The van der Waals surface area contributed by atoms with Gasteiger partial charge in [0, 0.05) is 6.54 Å². The van der Waals surface area contributed by atoms with Gasteiger partial charge in [-0.1, -0.05) is 0 Å². The highest BCUT2D eigenvalue weighted by Crippen LogP contribution is 2.06. The summed E-state index contributed by atoms with van der Waals surface area (Å²) < 4.78 is 5.01. The third-order valence-electron chi connectivity index (χ3n) is 1.94. The topological polar surface area (TPSA) is 96.5 Å². The molecule has 0 bridgehead atoms. The summed E-state index contributed by atoms with van der Waals surface area (Å²) in [5.74, 6) is -0.819. The second kappa shape index (κ2) is 5.13. The third kappa shape index (κ3) is 4.81. The SMILES string of the molecule is CC(C)(C)OC(=O)NCC1NCC(=O)NC1=O. The zero-order valence-electron chi connectivity index (χ0n) is 10.1. The molecule has 0 saturated carbocycles. The minimum absolute atomic E-state index is 0.0619. The van der Waals surface area contributed by atoms with E-state index in [4.69, 9.17) is 4.74 Å². The van der Waals surface area contributed by atoms with Crippen molar-refractivity contribution < 1.29 is 19.1 Å². The van der Waals surface area contributed by atoms with Gasteiger partial charge in [0.15, 0.2) is 0 Å². The Labute approximate surface area is 99.3 Å². The maximum absolute atomic E-state index is 11.3. The number of ether oxygens (including phenoxy) is 1. The minimum Gasteiger partial charge on any atom is -0.444 e. The Hall–Kier alpha value is -1.63. The summed E-state index contributed by atoms with van der Waals surface area (Å²) in [5.41, 5.74) is -0.581. The van der Waals surface area contributed by atoms with Gasteiger partial charge in [-0.2, -0.15) is 0 Å². The maximum Gasteiger partial charge on any atom is 0.407 e. The molecule has 1 unspecified atom stereocenters. The Morgan fingerprint density at radius 1 is 1.47 bits per heavy atom. The molecule has 1 atom stereocenters. The normalized spacial score (nSPS) is 20.8. The van der Waals surface area contributed by atoms with Gasteiger partial charge in [0.05, 0.1) is 6.54 Å². The van der Waals surface area contributed by atoms with Gasteiger partial charge in [-0.25, -0.2) is 4.79 Å². The fourth-order valence-corrected chi connectivity index (χ4v) is 1.24. The van der Waals surface area contributed by atoms with Crippen molar-refractivity contribution in [3.63, 3.8) is 0 Å². The number of hydrogen-bond acceptors (Lipinski definition) is 5. The van der Waals surface area contributed by atoms with E-state index in [9.17, 15) is 14.4 Å². The van der Waals surface area contributed by atoms with Crippen LogP contribution in [0.1, 0.15) is 20.8 Å². The Bertz CT molecular complexity index is 335. The van der Waals surface area contributed by atoms with Crippen LogP contribution in [-0.2, 0) is 14.3 Å². The first-order valence-electron chi connectivity index (χ1n) is 5.32.